The van der Waals surface area contributed by atoms with E-state index in [4.69, 9.17) is 0 Å². The lowest BCUT2D eigenvalue weighted by atomic mass is 10.1. The van der Waals surface area contributed by atoms with Crippen LogP contribution in [0.15, 0.2) is 82.6 Å². The van der Waals surface area contributed by atoms with E-state index in [0.717, 1.165) is 21.3 Å². The number of thioether (sulfide) groups is 2. The van der Waals surface area contributed by atoms with Gasteiger partial charge in [-0.25, -0.2) is 0 Å². The summed E-state index contributed by atoms with van der Waals surface area (Å²) < 4.78 is 0. The van der Waals surface area contributed by atoms with Crippen LogP contribution in [-0.2, 0) is 11.5 Å². The molecule has 3 aromatic carbocycles. The summed E-state index contributed by atoms with van der Waals surface area (Å²) in [7, 11) is 0. The van der Waals surface area contributed by atoms with Gasteiger partial charge in [0.15, 0.2) is 0 Å². The zero-order valence-electron chi connectivity index (χ0n) is 14.1. The molecule has 0 bridgehead atoms. The van der Waals surface area contributed by atoms with Crippen LogP contribution >= 0.6 is 23.5 Å². The fourth-order valence-corrected chi connectivity index (χ4v) is 4.63. The highest BCUT2D eigenvalue weighted by Crippen LogP contribution is 2.36. The Bertz CT molecular complexity index is 875. The van der Waals surface area contributed by atoms with Crippen LogP contribution in [0.5, 0.6) is 0 Å². The van der Waals surface area contributed by atoms with E-state index in [-0.39, 0.29) is 0 Å². The lowest BCUT2D eigenvalue weighted by molar-refractivity contribution is 1.20. The number of hydrogen-bond acceptors (Lipinski definition) is 4. The molecule has 0 radical (unpaired) electrons. The van der Waals surface area contributed by atoms with Gasteiger partial charge in [0.2, 0.25) is 0 Å². The second kappa shape index (κ2) is 9.15. The Morgan fingerprint density at radius 1 is 0.615 bits per heavy atom. The third-order valence-corrected chi connectivity index (χ3v) is 6.18. The Kier molecular flexibility index (Phi) is 6.39. The van der Waals surface area contributed by atoms with E-state index in [0.29, 0.717) is 11.1 Å². The Hall–Kier alpha value is -2.66. The highest BCUT2D eigenvalue weighted by molar-refractivity contribution is 8.01. The normalized spacial score (nSPS) is 10.1. The Morgan fingerprint density at radius 2 is 1.00 bits per heavy atom. The molecule has 0 aromatic heterocycles. The molecule has 26 heavy (non-hydrogen) atoms. The van der Waals surface area contributed by atoms with Gasteiger partial charge < -0.3 is 0 Å². The van der Waals surface area contributed by atoms with Gasteiger partial charge in [0.05, 0.1) is 11.1 Å². The second-order valence-electron chi connectivity index (χ2n) is 5.62. The summed E-state index contributed by atoms with van der Waals surface area (Å²) in [5.74, 6) is 1.66. The van der Waals surface area contributed by atoms with Crippen molar-refractivity contribution in [3.63, 3.8) is 0 Å². The molecule has 126 valence electrons. The predicted octanol–water partition coefficient (Wildman–Crippen LogP) is 6.01. The fourth-order valence-electron chi connectivity index (χ4n) is 2.44. The monoisotopic (exact) mass is 372 g/mol. The van der Waals surface area contributed by atoms with Crippen molar-refractivity contribution in [2.45, 2.75) is 21.3 Å². The lowest BCUT2D eigenvalue weighted by Crippen LogP contribution is -1.90. The quantitative estimate of drug-likeness (QED) is 0.497. The van der Waals surface area contributed by atoms with Crippen molar-refractivity contribution in [1.29, 1.82) is 10.5 Å². The third kappa shape index (κ3) is 4.70. The van der Waals surface area contributed by atoms with Gasteiger partial charge in [0, 0.05) is 21.3 Å². The molecule has 0 heterocycles. The van der Waals surface area contributed by atoms with Crippen molar-refractivity contribution in [3.05, 3.63) is 95.1 Å². The van der Waals surface area contributed by atoms with E-state index in [1.54, 1.807) is 23.5 Å². The largest absolute Gasteiger partial charge is 0.192 e. The number of rotatable bonds is 6. The van der Waals surface area contributed by atoms with Gasteiger partial charge in [-0.15, -0.1) is 23.5 Å². The van der Waals surface area contributed by atoms with Crippen LogP contribution < -0.4 is 0 Å². The first-order valence-corrected chi connectivity index (χ1v) is 10.1. The number of benzene rings is 3. The minimum absolute atomic E-state index is 0.437. The van der Waals surface area contributed by atoms with Gasteiger partial charge in [0.25, 0.3) is 0 Å². The maximum Gasteiger partial charge on any atom is 0.101 e. The Balaban J connectivity index is 1.85. The van der Waals surface area contributed by atoms with Gasteiger partial charge in [-0.2, -0.15) is 10.5 Å². The number of nitrogens with zero attached hydrogens (tertiary/aromatic N) is 2. The van der Waals surface area contributed by atoms with Crippen LogP contribution in [0.4, 0.5) is 0 Å². The van der Waals surface area contributed by atoms with Crippen molar-refractivity contribution < 1.29 is 0 Å². The molecule has 0 spiro atoms. The van der Waals surface area contributed by atoms with Crippen LogP contribution in [0, 0.1) is 22.7 Å². The lowest BCUT2D eigenvalue weighted by Gasteiger charge is -2.11. The predicted molar refractivity (Wildman–Crippen MR) is 108 cm³/mol. The molecule has 0 amide bonds. The zero-order valence-corrected chi connectivity index (χ0v) is 15.7. The van der Waals surface area contributed by atoms with E-state index in [1.807, 2.05) is 48.5 Å². The van der Waals surface area contributed by atoms with E-state index in [9.17, 15) is 10.5 Å². The standard InChI is InChI=1S/C22H16N2S2/c23-13-19-11-21(25-15-17-7-3-1-4-8-17)22(12-20(19)14-24)26-16-18-9-5-2-6-10-18/h1-12H,15-16H2. The first kappa shape index (κ1) is 18.1. The summed E-state index contributed by atoms with van der Waals surface area (Å²) in [6.45, 7) is 0. The van der Waals surface area contributed by atoms with Crippen molar-refractivity contribution >= 4 is 23.5 Å². The summed E-state index contributed by atoms with van der Waals surface area (Å²) in [6.07, 6.45) is 0. The second-order valence-corrected chi connectivity index (χ2v) is 7.65. The summed E-state index contributed by atoms with van der Waals surface area (Å²) in [5, 5.41) is 18.7. The van der Waals surface area contributed by atoms with Crippen LogP contribution in [0.3, 0.4) is 0 Å². The molecular weight excluding hydrogens is 356 g/mol. The van der Waals surface area contributed by atoms with Crippen LogP contribution in [0.25, 0.3) is 0 Å². The van der Waals surface area contributed by atoms with Crippen molar-refractivity contribution in [3.8, 4) is 12.1 Å². The SMILES string of the molecule is N#Cc1cc(SCc2ccccc2)c(SCc2ccccc2)cc1C#N. The molecule has 0 fully saturated rings. The van der Waals surface area contributed by atoms with E-state index < -0.39 is 0 Å². The van der Waals surface area contributed by atoms with Crippen molar-refractivity contribution in [2.75, 3.05) is 0 Å². The molecule has 0 atom stereocenters. The van der Waals surface area contributed by atoms with Crippen LogP contribution in [0.1, 0.15) is 22.3 Å². The molecule has 0 aliphatic heterocycles. The molecule has 0 aliphatic carbocycles. The molecule has 0 saturated heterocycles. The van der Waals surface area contributed by atoms with Gasteiger partial charge in [-0.1, -0.05) is 60.7 Å². The van der Waals surface area contributed by atoms with Gasteiger partial charge >= 0.3 is 0 Å². The Labute approximate surface area is 162 Å². The average Bonchev–Trinajstić information content (AvgIpc) is 2.72. The third-order valence-electron chi connectivity index (χ3n) is 3.80. The van der Waals surface area contributed by atoms with Gasteiger partial charge in [-0.3, -0.25) is 0 Å². The first-order chi connectivity index (χ1) is 12.8. The van der Waals surface area contributed by atoms with Gasteiger partial charge in [0.1, 0.15) is 12.1 Å². The highest BCUT2D eigenvalue weighted by atomic mass is 32.2. The molecule has 0 unspecified atom stereocenters. The fraction of sp³-hybridized carbons (Fsp3) is 0.0909. The smallest absolute Gasteiger partial charge is 0.101 e. The van der Waals surface area contributed by atoms with Crippen molar-refractivity contribution in [2.24, 2.45) is 0 Å². The minimum Gasteiger partial charge on any atom is -0.192 e. The van der Waals surface area contributed by atoms with E-state index in [2.05, 4.69) is 36.4 Å². The maximum atomic E-state index is 9.34. The van der Waals surface area contributed by atoms with E-state index in [1.165, 1.54) is 11.1 Å². The number of hydrogen-bond donors (Lipinski definition) is 0. The van der Waals surface area contributed by atoms with Crippen LogP contribution in [0.2, 0.25) is 0 Å². The summed E-state index contributed by atoms with van der Waals surface area (Å²) in [4.78, 5) is 2.09. The molecule has 3 aromatic rings. The molecule has 0 N–H and O–H groups in total. The Morgan fingerprint density at radius 3 is 1.35 bits per heavy atom. The van der Waals surface area contributed by atoms with Crippen molar-refractivity contribution in [1.82, 2.24) is 0 Å². The summed E-state index contributed by atoms with van der Waals surface area (Å²) >= 11 is 3.41. The molecule has 4 heteroatoms. The molecule has 0 aliphatic rings. The molecule has 0 saturated carbocycles. The topological polar surface area (TPSA) is 47.6 Å². The minimum atomic E-state index is 0.437. The molecule has 3 rings (SSSR count). The highest BCUT2D eigenvalue weighted by Gasteiger charge is 2.11. The molecule has 2 nitrogen and oxygen atoms in total. The maximum absolute atomic E-state index is 9.34. The van der Waals surface area contributed by atoms with Gasteiger partial charge in [-0.05, 0) is 23.3 Å². The zero-order chi connectivity index (χ0) is 18.2. The van der Waals surface area contributed by atoms with E-state index >= 15 is 0 Å². The summed E-state index contributed by atoms with van der Waals surface area (Å²) in [5.41, 5.74) is 3.35. The molecular formula is C22H16N2S2. The number of nitriles is 2. The first-order valence-electron chi connectivity index (χ1n) is 8.12. The average molecular weight is 373 g/mol. The summed E-state index contributed by atoms with van der Waals surface area (Å²) in [6, 6.07) is 28.5. The van der Waals surface area contributed by atoms with Crippen LogP contribution in [-0.4, -0.2) is 0 Å².